The lowest BCUT2D eigenvalue weighted by Gasteiger charge is -2.41. The number of carbonyl (C=O) groups excluding carboxylic acids is 1. The highest BCUT2D eigenvalue weighted by molar-refractivity contribution is 5.79. The normalized spacial score (nSPS) is 26.9. The minimum atomic E-state index is -0.904. The molecular formula is C10H21N5O3. The molecule has 0 aliphatic carbocycles. The van der Waals surface area contributed by atoms with Crippen molar-refractivity contribution in [3.63, 3.8) is 0 Å². The van der Waals surface area contributed by atoms with E-state index in [0.717, 1.165) is 0 Å². The number of fused-ring (bicyclic) bond motifs is 1. The molecular weight excluding hydrogens is 238 g/mol. The molecule has 0 radical (unpaired) electrons. The molecule has 0 aromatic rings. The van der Waals surface area contributed by atoms with Gasteiger partial charge in [0.15, 0.2) is 5.79 Å². The molecule has 1 atom stereocenters. The van der Waals surface area contributed by atoms with Gasteiger partial charge < -0.3 is 15.9 Å². The fourth-order valence-electron chi connectivity index (χ4n) is 2.66. The number of carbonyl (C=O) groups is 1. The molecule has 2 saturated heterocycles. The van der Waals surface area contributed by atoms with Gasteiger partial charge >= 0.3 is 0 Å². The standard InChI is InChI=1S/C10H21N5O3/c11-8-7-14-4-1-9(18)15(14)10(8,12-2-5-16)13-3-6-17/h8,12-13,16-17H,1-7,11H2. The van der Waals surface area contributed by atoms with Gasteiger partial charge in [-0.3, -0.25) is 15.4 Å². The number of amides is 1. The highest BCUT2D eigenvalue weighted by Gasteiger charge is 2.55. The molecule has 0 aromatic carbocycles. The van der Waals surface area contributed by atoms with Gasteiger partial charge in [0, 0.05) is 32.6 Å². The van der Waals surface area contributed by atoms with E-state index >= 15 is 0 Å². The third-order valence-corrected chi connectivity index (χ3v) is 3.39. The molecule has 8 heteroatoms. The van der Waals surface area contributed by atoms with Crippen molar-refractivity contribution in [2.24, 2.45) is 5.73 Å². The van der Waals surface area contributed by atoms with Crippen LogP contribution >= 0.6 is 0 Å². The number of hydrazine groups is 1. The summed E-state index contributed by atoms with van der Waals surface area (Å²) >= 11 is 0. The van der Waals surface area contributed by atoms with Crippen LogP contribution in [-0.2, 0) is 4.79 Å². The summed E-state index contributed by atoms with van der Waals surface area (Å²) in [6, 6.07) is -0.320. The largest absolute Gasteiger partial charge is 0.395 e. The second-order valence-corrected chi connectivity index (χ2v) is 4.54. The van der Waals surface area contributed by atoms with E-state index in [1.165, 1.54) is 0 Å². The number of hydrogen-bond donors (Lipinski definition) is 5. The Morgan fingerprint density at radius 1 is 1.33 bits per heavy atom. The van der Waals surface area contributed by atoms with Crippen molar-refractivity contribution in [2.75, 3.05) is 39.4 Å². The lowest BCUT2D eigenvalue weighted by molar-refractivity contribution is -0.148. The van der Waals surface area contributed by atoms with Crippen LogP contribution in [0.25, 0.3) is 0 Å². The van der Waals surface area contributed by atoms with Gasteiger partial charge in [0.1, 0.15) is 0 Å². The molecule has 0 saturated carbocycles. The molecule has 2 fully saturated rings. The number of aliphatic hydroxyl groups is 2. The molecule has 2 aliphatic rings. The summed E-state index contributed by atoms with van der Waals surface area (Å²) in [5.41, 5.74) is 6.12. The second-order valence-electron chi connectivity index (χ2n) is 4.54. The van der Waals surface area contributed by atoms with Crippen LogP contribution in [0, 0.1) is 0 Å². The van der Waals surface area contributed by atoms with Crippen molar-refractivity contribution in [3.8, 4) is 0 Å². The molecule has 2 aliphatic heterocycles. The number of nitrogens with zero attached hydrogens (tertiary/aromatic N) is 2. The molecule has 1 unspecified atom stereocenters. The van der Waals surface area contributed by atoms with Gasteiger partial charge in [-0.15, -0.1) is 0 Å². The maximum Gasteiger partial charge on any atom is 0.241 e. The first kappa shape index (κ1) is 13.7. The smallest absolute Gasteiger partial charge is 0.241 e. The van der Waals surface area contributed by atoms with Crippen LogP contribution in [0.2, 0.25) is 0 Å². The van der Waals surface area contributed by atoms with Crippen LogP contribution in [0.5, 0.6) is 0 Å². The fraction of sp³-hybridized carbons (Fsp3) is 0.900. The molecule has 18 heavy (non-hydrogen) atoms. The number of aliphatic hydroxyl groups excluding tert-OH is 2. The highest BCUT2D eigenvalue weighted by Crippen LogP contribution is 2.29. The topological polar surface area (TPSA) is 114 Å². The zero-order valence-corrected chi connectivity index (χ0v) is 10.3. The number of nitrogens with one attached hydrogen (secondary N) is 2. The van der Waals surface area contributed by atoms with Crippen LogP contribution < -0.4 is 16.4 Å². The van der Waals surface area contributed by atoms with Crippen molar-refractivity contribution in [3.05, 3.63) is 0 Å². The summed E-state index contributed by atoms with van der Waals surface area (Å²) in [5.74, 6) is -0.905. The van der Waals surface area contributed by atoms with E-state index in [9.17, 15) is 4.79 Å². The van der Waals surface area contributed by atoms with Crippen molar-refractivity contribution >= 4 is 5.91 Å². The summed E-state index contributed by atoms with van der Waals surface area (Å²) in [6.07, 6.45) is 0.468. The minimum Gasteiger partial charge on any atom is -0.395 e. The molecule has 2 rings (SSSR count). The lowest BCUT2D eigenvalue weighted by Crippen LogP contribution is -2.73. The zero-order valence-electron chi connectivity index (χ0n) is 10.3. The average molecular weight is 259 g/mol. The molecule has 104 valence electrons. The van der Waals surface area contributed by atoms with Gasteiger partial charge in [-0.2, -0.15) is 0 Å². The molecule has 0 spiro atoms. The Kier molecular flexibility index (Phi) is 4.15. The van der Waals surface area contributed by atoms with E-state index in [-0.39, 0.29) is 25.2 Å². The van der Waals surface area contributed by atoms with Crippen molar-refractivity contribution in [1.82, 2.24) is 20.7 Å². The van der Waals surface area contributed by atoms with E-state index in [4.69, 9.17) is 15.9 Å². The van der Waals surface area contributed by atoms with E-state index in [2.05, 4.69) is 10.6 Å². The second kappa shape index (κ2) is 5.47. The number of rotatable bonds is 6. The van der Waals surface area contributed by atoms with Crippen LogP contribution in [0.3, 0.4) is 0 Å². The van der Waals surface area contributed by atoms with Gasteiger partial charge in [-0.1, -0.05) is 0 Å². The first-order valence-electron chi connectivity index (χ1n) is 6.21. The molecule has 0 bridgehead atoms. The van der Waals surface area contributed by atoms with Gasteiger partial charge in [0.2, 0.25) is 5.91 Å². The summed E-state index contributed by atoms with van der Waals surface area (Å²) in [6.45, 7) is 1.79. The SMILES string of the molecule is NC1CN2CCC(=O)N2C1(NCCO)NCCO. The summed E-state index contributed by atoms with van der Waals surface area (Å²) in [4.78, 5) is 12.0. The zero-order chi connectivity index (χ0) is 13.2. The molecule has 1 amide bonds. The Labute approximate surface area is 106 Å². The Bertz CT molecular complexity index is 306. The third kappa shape index (κ3) is 2.11. The van der Waals surface area contributed by atoms with E-state index < -0.39 is 5.79 Å². The molecule has 8 nitrogen and oxygen atoms in total. The average Bonchev–Trinajstić information content (AvgIpc) is 2.84. The maximum atomic E-state index is 12.0. The Morgan fingerprint density at radius 2 is 1.94 bits per heavy atom. The third-order valence-electron chi connectivity index (χ3n) is 3.39. The Hall–Kier alpha value is -0.770. The van der Waals surface area contributed by atoms with Gasteiger partial charge in [0.05, 0.1) is 19.3 Å². The van der Waals surface area contributed by atoms with Gasteiger partial charge in [0.25, 0.3) is 0 Å². The van der Waals surface area contributed by atoms with E-state index in [0.29, 0.717) is 32.6 Å². The van der Waals surface area contributed by atoms with E-state index in [1.54, 1.807) is 5.01 Å². The monoisotopic (exact) mass is 259 g/mol. The Morgan fingerprint density at radius 3 is 2.50 bits per heavy atom. The summed E-state index contributed by atoms with van der Waals surface area (Å²) in [7, 11) is 0. The maximum absolute atomic E-state index is 12.0. The predicted octanol–water partition coefficient (Wildman–Crippen LogP) is -3.41. The minimum absolute atomic E-state index is 0.00108. The van der Waals surface area contributed by atoms with Crippen molar-refractivity contribution in [2.45, 2.75) is 18.2 Å². The van der Waals surface area contributed by atoms with Gasteiger partial charge in [-0.25, -0.2) is 10.0 Å². The van der Waals surface area contributed by atoms with E-state index in [1.807, 2.05) is 5.01 Å². The summed E-state index contributed by atoms with van der Waals surface area (Å²) < 4.78 is 0. The first-order valence-corrected chi connectivity index (χ1v) is 6.21. The summed E-state index contributed by atoms with van der Waals surface area (Å²) in [5, 5.41) is 27.6. The molecule has 0 aromatic heterocycles. The van der Waals surface area contributed by atoms with Crippen molar-refractivity contribution < 1.29 is 15.0 Å². The van der Waals surface area contributed by atoms with Crippen molar-refractivity contribution in [1.29, 1.82) is 0 Å². The van der Waals surface area contributed by atoms with Gasteiger partial charge in [-0.05, 0) is 0 Å². The molecule has 2 heterocycles. The predicted molar refractivity (Wildman–Crippen MR) is 63.9 cm³/mol. The number of hydrogen-bond acceptors (Lipinski definition) is 7. The Balaban J connectivity index is 2.21. The lowest BCUT2D eigenvalue weighted by atomic mass is 10.1. The fourth-order valence-corrected chi connectivity index (χ4v) is 2.66. The van der Waals surface area contributed by atoms with Crippen LogP contribution in [0.4, 0.5) is 0 Å². The molecule has 6 N–H and O–H groups in total. The van der Waals surface area contributed by atoms with Crippen LogP contribution in [0.1, 0.15) is 6.42 Å². The van der Waals surface area contributed by atoms with Crippen LogP contribution in [-0.4, -0.2) is 77.4 Å². The number of nitrogens with two attached hydrogens (primary N) is 1. The quantitative estimate of drug-likeness (QED) is 0.316. The highest BCUT2D eigenvalue weighted by atomic mass is 16.3. The first-order chi connectivity index (χ1) is 8.65. The van der Waals surface area contributed by atoms with Crippen LogP contribution in [0.15, 0.2) is 0 Å².